The van der Waals surface area contributed by atoms with Gasteiger partial charge >= 0.3 is 5.97 Å². The van der Waals surface area contributed by atoms with Crippen molar-refractivity contribution in [3.05, 3.63) is 29.3 Å². The number of benzene rings is 1. The van der Waals surface area contributed by atoms with Crippen molar-refractivity contribution in [2.24, 2.45) is 0 Å². The lowest BCUT2D eigenvalue weighted by Gasteiger charge is -2.14. The van der Waals surface area contributed by atoms with Crippen molar-refractivity contribution in [1.82, 2.24) is 5.32 Å². The lowest BCUT2D eigenvalue weighted by atomic mass is 10.1. The minimum atomic E-state index is -3.44. The van der Waals surface area contributed by atoms with Gasteiger partial charge in [-0.05, 0) is 31.0 Å². The highest BCUT2D eigenvalue weighted by molar-refractivity contribution is 7.90. The van der Waals surface area contributed by atoms with E-state index in [0.717, 1.165) is 12.7 Å². The predicted molar refractivity (Wildman–Crippen MR) is 82.7 cm³/mol. The molecule has 0 spiro atoms. The molecule has 122 valence electrons. The van der Waals surface area contributed by atoms with Gasteiger partial charge in [-0.1, -0.05) is 25.8 Å². The maximum Gasteiger partial charge on any atom is 0.326 e. The molecule has 0 aromatic heterocycles. The van der Waals surface area contributed by atoms with Gasteiger partial charge in [-0.15, -0.1) is 0 Å². The van der Waals surface area contributed by atoms with Gasteiger partial charge in [0.25, 0.3) is 5.91 Å². The zero-order chi connectivity index (χ0) is 16.9. The first-order chi connectivity index (χ1) is 10.2. The Morgan fingerprint density at radius 3 is 2.45 bits per heavy atom. The monoisotopic (exact) mass is 327 g/mol. The summed E-state index contributed by atoms with van der Waals surface area (Å²) in [5.41, 5.74) is 0.675. The molecule has 0 aliphatic carbocycles. The van der Waals surface area contributed by atoms with Crippen molar-refractivity contribution in [2.75, 3.05) is 6.26 Å². The maximum absolute atomic E-state index is 12.1. The van der Waals surface area contributed by atoms with E-state index in [-0.39, 0.29) is 10.5 Å². The average molecular weight is 327 g/mol. The number of amides is 1. The van der Waals surface area contributed by atoms with E-state index in [1.807, 2.05) is 6.92 Å². The van der Waals surface area contributed by atoms with Crippen LogP contribution in [0.1, 0.15) is 42.1 Å². The Balaban J connectivity index is 3.00. The van der Waals surface area contributed by atoms with Gasteiger partial charge in [-0.3, -0.25) is 4.79 Å². The summed E-state index contributed by atoms with van der Waals surface area (Å²) in [7, 11) is -3.44. The van der Waals surface area contributed by atoms with E-state index < -0.39 is 27.8 Å². The zero-order valence-corrected chi connectivity index (χ0v) is 13.7. The van der Waals surface area contributed by atoms with Crippen molar-refractivity contribution >= 4 is 21.7 Å². The van der Waals surface area contributed by atoms with Crippen LogP contribution in [0.25, 0.3) is 0 Å². The van der Waals surface area contributed by atoms with Crippen molar-refractivity contribution < 1.29 is 23.1 Å². The molecule has 1 amide bonds. The topological polar surface area (TPSA) is 101 Å². The van der Waals surface area contributed by atoms with E-state index >= 15 is 0 Å². The number of aryl methyl sites for hydroxylation is 1. The summed E-state index contributed by atoms with van der Waals surface area (Å²) < 4.78 is 23.3. The quantitative estimate of drug-likeness (QED) is 0.795. The molecule has 0 aliphatic heterocycles. The van der Waals surface area contributed by atoms with Gasteiger partial charge in [0.2, 0.25) is 0 Å². The number of carbonyl (C=O) groups excluding carboxylic acids is 1. The largest absolute Gasteiger partial charge is 0.480 e. The molecule has 22 heavy (non-hydrogen) atoms. The standard InChI is InChI=1S/C15H21NO5S/c1-4-5-6-12(15(18)19)16-14(17)11-8-7-10(2)13(9-11)22(3,20)21/h7-9,12H,4-6H2,1-3H3,(H,16,17)(H,18,19)/t12-/m0/s1. The molecule has 2 N–H and O–H groups in total. The molecule has 1 atom stereocenters. The molecule has 0 unspecified atom stereocenters. The molecule has 0 saturated carbocycles. The van der Waals surface area contributed by atoms with Gasteiger partial charge in [0.1, 0.15) is 6.04 Å². The molecule has 1 rings (SSSR count). The Morgan fingerprint density at radius 2 is 1.95 bits per heavy atom. The Kier molecular flexibility index (Phi) is 6.11. The van der Waals surface area contributed by atoms with Crippen LogP contribution in [0.3, 0.4) is 0 Å². The Bertz CT molecular complexity index is 667. The molecule has 0 bridgehead atoms. The van der Waals surface area contributed by atoms with Gasteiger partial charge in [0.15, 0.2) is 9.84 Å². The average Bonchev–Trinajstić information content (AvgIpc) is 2.42. The summed E-state index contributed by atoms with van der Waals surface area (Å²) in [6.07, 6.45) is 2.91. The van der Waals surface area contributed by atoms with E-state index in [1.54, 1.807) is 6.92 Å². The molecule has 0 heterocycles. The van der Waals surface area contributed by atoms with E-state index in [2.05, 4.69) is 5.32 Å². The van der Waals surface area contributed by atoms with Crippen LogP contribution < -0.4 is 5.32 Å². The predicted octanol–water partition coefficient (Wildman–Crippen LogP) is 1.77. The molecule has 1 aromatic carbocycles. The third-order valence-corrected chi connectivity index (χ3v) is 4.54. The minimum absolute atomic E-state index is 0.0700. The third-order valence-electron chi connectivity index (χ3n) is 3.30. The molecular formula is C15H21NO5S. The highest BCUT2D eigenvalue weighted by atomic mass is 32.2. The Labute approximate surface area is 130 Å². The van der Waals surface area contributed by atoms with Gasteiger partial charge in [-0.25, -0.2) is 13.2 Å². The number of rotatable bonds is 7. The molecule has 0 radical (unpaired) electrons. The van der Waals surface area contributed by atoms with Crippen LogP contribution in [0.4, 0.5) is 0 Å². The molecule has 0 fully saturated rings. The number of unbranched alkanes of at least 4 members (excludes halogenated alkanes) is 1. The number of hydrogen-bond acceptors (Lipinski definition) is 4. The number of carboxylic acids is 1. The number of aliphatic carboxylic acids is 1. The highest BCUT2D eigenvalue weighted by Crippen LogP contribution is 2.17. The summed E-state index contributed by atoms with van der Waals surface area (Å²) in [5.74, 6) is -1.69. The Morgan fingerprint density at radius 1 is 1.32 bits per heavy atom. The van der Waals surface area contributed by atoms with E-state index in [1.165, 1.54) is 18.2 Å². The summed E-state index contributed by atoms with van der Waals surface area (Å²) in [6.45, 7) is 3.57. The molecule has 0 saturated heterocycles. The molecule has 1 aromatic rings. The van der Waals surface area contributed by atoms with Crippen LogP contribution in [0.15, 0.2) is 23.1 Å². The summed E-state index contributed by atoms with van der Waals surface area (Å²) >= 11 is 0. The first-order valence-electron chi connectivity index (χ1n) is 7.01. The van der Waals surface area contributed by atoms with Crippen LogP contribution in [0, 0.1) is 6.92 Å². The van der Waals surface area contributed by atoms with Gasteiger partial charge in [0.05, 0.1) is 4.90 Å². The number of carbonyl (C=O) groups is 2. The van der Waals surface area contributed by atoms with Crippen molar-refractivity contribution in [3.8, 4) is 0 Å². The van der Waals surface area contributed by atoms with Gasteiger partial charge in [0, 0.05) is 11.8 Å². The van der Waals surface area contributed by atoms with Gasteiger partial charge in [-0.2, -0.15) is 0 Å². The second-order valence-corrected chi connectivity index (χ2v) is 7.24. The van der Waals surface area contributed by atoms with E-state index in [9.17, 15) is 18.0 Å². The normalized spacial score (nSPS) is 12.7. The van der Waals surface area contributed by atoms with Crippen LogP contribution in [0.2, 0.25) is 0 Å². The lowest BCUT2D eigenvalue weighted by Crippen LogP contribution is -2.40. The molecule has 0 aliphatic rings. The zero-order valence-electron chi connectivity index (χ0n) is 12.9. The fraction of sp³-hybridized carbons (Fsp3) is 0.467. The van der Waals surface area contributed by atoms with Crippen LogP contribution in [-0.2, 0) is 14.6 Å². The first-order valence-corrected chi connectivity index (χ1v) is 8.90. The first kappa shape index (κ1) is 18.2. The number of nitrogens with one attached hydrogen (secondary N) is 1. The Hall–Kier alpha value is -1.89. The van der Waals surface area contributed by atoms with Crippen molar-refractivity contribution in [2.45, 2.75) is 44.0 Å². The van der Waals surface area contributed by atoms with Crippen LogP contribution >= 0.6 is 0 Å². The fourth-order valence-electron chi connectivity index (χ4n) is 2.05. The number of sulfone groups is 1. The second kappa shape index (κ2) is 7.40. The molecule has 7 heteroatoms. The van der Waals surface area contributed by atoms with Crippen molar-refractivity contribution in [3.63, 3.8) is 0 Å². The fourth-order valence-corrected chi connectivity index (χ4v) is 3.04. The SMILES string of the molecule is CCCC[C@H](NC(=O)c1ccc(C)c(S(C)(=O)=O)c1)C(=O)O. The summed E-state index contributed by atoms with van der Waals surface area (Å²) in [5, 5.41) is 11.5. The number of carboxylic acid groups (broad SMARTS) is 1. The third kappa shape index (κ3) is 4.84. The summed E-state index contributed by atoms with van der Waals surface area (Å²) in [4.78, 5) is 23.4. The number of hydrogen-bond donors (Lipinski definition) is 2. The van der Waals surface area contributed by atoms with E-state index in [0.29, 0.717) is 18.4 Å². The van der Waals surface area contributed by atoms with E-state index in [4.69, 9.17) is 5.11 Å². The molecular weight excluding hydrogens is 306 g/mol. The minimum Gasteiger partial charge on any atom is -0.480 e. The highest BCUT2D eigenvalue weighted by Gasteiger charge is 2.21. The summed E-state index contributed by atoms with van der Waals surface area (Å²) in [6, 6.07) is 3.32. The van der Waals surface area contributed by atoms with Crippen LogP contribution in [-0.4, -0.2) is 37.7 Å². The van der Waals surface area contributed by atoms with Crippen molar-refractivity contribution in [1.29, 1.82) is 0 Å². The van der Waals surface area contributed by atoms with Gasteiger partial charge < -0.3 is 10.4 Å². The van der Waals surface area contributed by atoms with Crippen LogP contribution in [0.5, 0.6) is 0 Å². The lowest BCUT2D eigenvalue weighted by molar-refractivity contribution is -0.139. The smallest absolute Gasteiger partial charge is 0.326 e. The molecule has 6 nitrogen and oxygen atoms in total. The second-order valence-electron chi connectivity index (χ2n) is 5.26. The maximum atomic E-state index is 12.1.